The van der Waals surface area contributed by atoms with Crippen molar-refractivity contribution in [2.24, 2.45) is 0 Å². The third kappa shape index (κ3) is 4.05. The molecule has 2 aromatic carbocycles. The van der Waals surface area contributed by atoms with Crippen molar-refractivity contribution in [1.29, 1.82) is 0 Å². The van der Waals surface area contributed by atoms with Crippen molar-refractivity contribution in [3.63, 3.8) is 0 Å². The molecule has 0 spiro atoms. The summed E-state index contributed by atoms with van der Waals surface area (Å²) >= 11 is 0. The number of hydrogen-bond acceptors (Lipinski definition) is 3. The number of carboxylic acids is 1. The minimum Gasteiger partial charge on any atom is -0.549 e. The monoisotopic (exact) mass is 301 g/mol. The second-order valence-electron chi connectivity index (χ2n) is 5.23. The first kappa shape index (κ1) is 15.5. The Balaban J connectivity index is 2.30. The molecule has 3 nitrogen and oxygen atoms in total. The lowest BCUT2D eigenvalue weighted by atomic mass is 10.2. The summed E-state index contributed by atoms with van der Waals surface area (Å²) in [5.41, 5.74) is 0.827. The van der Waals surface area contributed by atoms with E-state index in [1.807, 2.05) is 60.7 Å². The molecule has 0 unspecified atom stereocenters. The third-order valence-corrected chi connectivity index (χ3v) is 7.06. The first-order chi connectivity index (χ1) is 10.0. The minimum absolute atomic E-state index is 0.276. The van der Waals surface area contributed by atoms with Gasteiger partial charge in [-0.05, 0) is 11.1 Å². The molecule has 2 rings (SSSR count). The van der Waals surface area contributed by atoms with Crippen LogP contribution in [0.5, 0.6) is 0 Å². The van der Waals surface area contributed by atoms with Gasteiger partial charge in [-0.1, -0.05) is 67.6 Å². The van der Waals surface area contributed by atoms with Gasteiger partial charge in [0.25, 0.3) is 0 Å². The molecule has 0 bridgehead atoms. The molecule has 0 saturated heterocycles. The minimum atomic E-state index is -2.97. The molecule has 4 heteroatoms. The Bertz CT molecular complexity index is 592. The quantitative estimate of drug-likeness (QED) is 0.771. The summed E-state index contributed by atoms with van der Waals surface area (Å²) in [4.78, 5) is 11.2. The van der Waals surface area contributed by atoms with Gasteiger partial charge in [0.2, 0.25) is 0 Å². The molecule has 0 N–H and O–H groups in total. The maximum atomic E-state index is 13.3. The van der Waals surface area contributed by atoms with Gasteiger partial charge >= 0.3 is 0 Å². The van der Waals surface area contributed by atoms with Crippen LogP contribution >= 0.6 is 7.14 Å². The molecule has 0 aliphatic carbocycles. The van der Waals surface area contributed by atoms with Crippen molar-refractivity contribution in [3.8, 4) is 0 Å². The summed E-state index contributed by atoms with van der Waals surface area (Å²) in [5, 5.41) is 11.2. The first-order valence-electron chi connectivity index (χ1n) is 6.88. The Morgan fingerprint density at radius 1 is 0.952 bits per heavy atom. The third-order valence-electron chi connectivity index (χ3n) is 3.63. The van der Waals surface area contributed by atoms with E-state index in [9.17, 15) is 14.5 Å². The normalized spacial score (nSPS) is 12.8. The van der Waals surface area contributed by atoms with E-state index in [0.29, 0.717) is 0 Å². The summed E-state index contributed by atoms with van der Waals surface area (Å²) in [7, 11) is -2.97. The van der Waals surface area contributed by atoms with Crippen LogP contribution in [0.15, 0.2) is 60.7 Å². The number of carbonyl (C=O) groups excluding carboxylic acids is 1. The van der Waals surface area contributed by atoms with E-state index in [0.717, 1.165) is 11.1 Å². The molecule has 2 aromatic rings. The average molecular weight is 301 g/mol. The smallest absolute Gasteiger partial charge is 0.104 e. The van der Waals surface area contributed by atoms with E-state index in [-0.39, 0.29) is 12.3 Å². The van der Waals surface area contributed by atoms with Crippen LogP contribution < -0.4 is 5.11 Å². The van der Waals surface area contributed by atoms with Crippen molar-refractivity contribution in [2.45, 2.75) is 24.9 Å². The lowest BCUT2D eigenvalue weighted by molar-refractivity contribution is -0.304. The molecular weight excluding hydrogens is 283 g/mol. The summed E-state index contributed by atoms with van der Waals surface area (Å²) in [6, 6.07) is 18.7. The lowest BCUT2D eigenvalue weighted by Crippen LogP contribution is -2.34. The van der Waals surface area contributed by atoms with E-state index >= 15 is 0 Å². The average Bonchev–Trinajstić information content (AvgIpc) is 2.48. The van der Waals surface area contributed by atoms with E-state index in [1.54, 1.807) is 0 Å². The zero-order valence-electron chi connectivity index (χ0n) is 11.9. The highest BCUT2D eigenvalue weighted by molar-refractivity contribution is 7.64. The number of rotatable bonds is 6. The number of hydrogen-bond donors (Lipinski definition) is 0. The van der Waals surface area contributed by atoms with Gasteiger partial charge in [0.15, 0.2) is 0 Å². The van der Waals surface area contributed by atoms with Gasteiger partial charge in [0.1, 0.15) is 7.14 Å². The second kappa shape index (κ2) is 6.73. The fourth-order valence-electron chi connectivity index (χ4n) is 2.31. The Kier molecular flexibility index (Phi) is 4.98. The van der Waals surface area contributed by atoms with Crippen LogP contribution in [-0.2, 0) is 21.7 Å². The van der Waals surface area contributed by atoms with Crippen LogP contribution in [-0.4, -0.2) is 11.6 Å². The SMILES string of the molecule is C[C@@H](C(=O)[O-])P(=O)(Cc1ccccc1)Cc1ccccc1. The zero-order chi connectivity index (χ0) is 15.3. The van der Waals surface area contributed by atoms with Crippen LogP contribution in [0.25, 0.3) is 0 Å². The van der Waals surface area contributed by atoms with Gasteiger partial charge in [-0.25, -0.2) is 0 Å². The maximum absolute atomic E-state index is 13.3. The molecule has 1 atom stereocenters. The topological polar surface area (TPSA) is 57.2 Å². The Labute approximate surface area is 125 Å². The summed E-state index contributed by atoms with van der Waals surface area (Å²) < 4.78 is 13.3. The van der Waals surface area contributed by atoms with Crippen LogP contribution in [0, 0.1) is 0 Å². The molecule has 0 aliphatic rings. The number of carboxylic acid groups (broad SMARTS) is 1. The van der Waals surface area contributed by atoms with Crippen LogP contribution in [0.3, 0.4) is 0 Å². The van der Waals surface area contributed by atoms with Crippen molar-refractivity contribution < 1.29 is 14.5 Å². The molecule has 0 heterocycles. The van der Waals surface area contributed by atoms with Crippen molar-refractivity contribution >= 4 is 13.1 Å². The molecule has 110 valence electrons. The number of benzene rings is 2. The van der Waals surface area contributed by atoms with Crippen LogP contribution in [0.4, 0.5) is 0 Å². The van der Waals surface area contributed by atoms with Crippen molar-refractivity contribution in [3.05, 3.63) is 71.8 Å². The van der Waals surface area contributed by atoms with Crippen molar-refractivity contribution in [2.75, 3.05) is 0 Å². The Hall–Kier alpha value is -1.86. The van der Waals surface area contributed by atoms with Gasteiger partial charge < -0.3 is 14.5 Å². The molecule has 0 fully saturated rings. The van der Waals surface area contributed by atoms with Gasteiger partial charge in [-0.15, -0.1) is 0 Å². The van der Waals surface area contributed by atoms with Gasteiger partial charge in [0, 0.05) is 18.0 Å². The van der Waals surface area contributed by atoms with Crippen LogP contribution in [0.1, 0.15) is 18.1 Å². The number of carbonyl (C=O) groups is 1. The van der Waals surface area contributed by atoms with E-state index in [1.165, 1.54) is 6.92 Å². The van der Waals surface area contributed by atoms with E-state index in [2.05, 4.69) is 0 Å². The summed E-state index contributed by atoms with van der Waals surface area (Å²) in [6.07, 6.45) is 0.551. The second-order valence-corrected chi connectivity index (χ2v) is 8.55. The standard InChI is InChI=1S/C17H19O3P/c1-14(17(18)19)21(20,12-15-8-4-2-5-9-15)13-16-10-6-3-7-11-16/h2-11,14H,12-13H2,1H3,(H,18,19)/p-1/t14-/m0/s1. The lowest BCUT2D eigenvalue weighted by Gasteiger charge is -2.26. The summed E-state index contributed by atoms with van der Waals surface area (Å²) in [5.74, 6) is -1.25. The molecule has 0 aromatic heterocycles. The molecule has 0 amide bonds. The molecule has 0 saturated carbocycles. The number of aliphatic carboxylic acids is 1. The van der Waals surface area contributed by atoms with E-state index in [4.69, 9.17) is 0 Å². The summed E-state index contributed by atoms with van der Waals surface area (Å²) in [6.45, 7) is 1.49. The van der Waals surface area contributed by atoms with Gasteiger partial charge in [-0.3, -0.25) is 0 Å². The first-order valence-corrected chi connectivity index (χ1v) is 9.02. The molecule has 21 heavy (non-hydrogen) atoms. The predicted octanol–water partition coefficient (Wildman–Crippen LogP) is 2.89. The zero-order valence-corrected chi connectivity index (χ0v) is 12.8. The Morgan fingerprint density at radius 2 is 1.33 bits per heavy atom. The fraction of sp³-hybridized carbons (Fsp3) is 0.235. The molecule has 0 aliphatic heterocycles. The fourth-order valence-corrected chi connectivity index (χ4v) is 5.01. The predicted molar refractivity (Wildman–Crippen MR) is 82.4 cm³/mol. The highest BCUT2D eigenvalue weighted by Crippen LogP contribution is 2.56. The molecule has 0 radical (unpaired) electrons. The van der Waals surface area contributed by atoms with E-state index < -0.39 is 18.8 Å². The highest BCUT2D eigenvalue weighted by Gasteiger charge is 2.31. The van der Waals surface area contributed by atoms with Gasteiger partial charge in [-0.2, -0.15) is 0 Å². The van der Waals surface area contributed by atoms with Gasteiger partial charge in [0.05, 0.1) is 5.97 Å². The van der Waals surface area contributed by atoms with Crippen molar-refractivity contribution in [1.82, 2.24) is 0 Å². The molecular formula is C17H18O3P-. The highest BCUT2D eigenvalue weighted by atomic mass is 31.2. The largest absolute Gasteiger partial charge is 0.549 e. The van der Waals surface area contributed by atoms with Crippen LogP contribution in [0.2, 0.25) is 0 Å². The maximum Gasteiger partial charge on any atom is 0.104 e. The Morgan fingerprint density at radius 3 is 1.67 bits per heavy atom.